The number of aryl methyl sites for hydroxylation is 2. The Morgan fingerprint density at radius 1 is 1.21 bits per heavy atom. The fourth-order valence-electron chi connectivity index (χ4n) is 3.13. The largest absolute Gasteiger partial charge is 0.455 e. The van der Waals surface area contributed by atoms with E-state index in [9.17, 15) is 14.4 Å². The fraction of sp³-hybridized carbons (Fsp3) is 0.286. The maximum atomic E-state index is 12.4. The lowest BCUT2D eigenvalue weighted by Gasteiger charge is -2.19. The molecule has 1 aliphatic heterocycles. The first-order valence-corrected chi connectivity index (χ1v) is 9.31. The molecular formula is C21H21ClN2O4. The molecule has 2 aromatic carbocycles. The first-order valence-electron chi connectivity index (χ1n) is 8.93. The highest BCUT2D eigenvalue weighted by Crippen LogP contribution is 2.29. The lowest BCUT2D eigenvalue weighted by atomic mass is 10.1. The molecule has 1 atom stereocenters. The summed E-state index contributed by atoms with van der Waals surface area (Å²) in [6, 6.07) is 12.5. The van der Waals surface area contributed by atoms with Crippen molar-refractivity contribution >= 4 is 40.8 Å². The number of amides is 2. The van der Waals surface area contributed by atoms with Crippen molar-refractivity contribution in [2.45, 2.75) is 20.3 Å². The molecule has 28 heavy (non-hydrogen) atoms. The molecule has 0 spiro atoms. The molecule has 7 heteroatoms. The van der Waals surface area contributed by atoms with Crippen LogP contribution in [0.5, 0.6) is 0 Å². The van der Waals surface area contributed by atoms with Gasteiger partial charge in [-0.1, -0.05) is 29.8 Å². The van der Waals surface area contributed by atoms with Gasteiger partial charge in [-0.05, 0) is 49.2 Å². The molecule has 1 saturated heterocycles. The Balaban J connectivity index is 1.56. The Kier molecular flexibility index (Phi) is 5.99. The van der Waals surface area contributed by atoms with Crippen LogP contribution < -0.4 is 10.2 Å². The predicted molar refractivity (Wildman–Crippen MR) is 107 cm³/mol. The quantitative estimate of drug-likeness (QED) is 0.779. The summed E-state index contributed by atoms with van der Waals surface area (Å²) >= 11 is 5.87. The number of anilines is 2. The van der Waals surface area contributed by atoms with Gasteiger partial charge in [-0.25, -0.2) is 0 Å². The lowest BCUT2D eigenvalue weighted by molar-refractivity contribution is -0.151. The Labute approximate surface area is 168 Å². The van der Waals surface area contributed by atoms with E-state index in [2.05, 4.69) is 5.32 Å². The molecule has 6 nitrogen and oxygen atoms in total. The highest BCUT2D eigenvalue weighted by Gasteiger charge is 2.36. The molecule has 3 rings (SSSR count). The van der Waals surface area contributed by atoms with E-state index in [0.717, 1.165) is 16.8 Å². The molecule has 1 N–H and O–H groups in total. The van der Waals surface area contributed by atoms with Crippen LogP contribution in [0.25, 0.3) is 0 Å². The van der Waals surface area contributed by atoms with E-state index in [-0.39, 0.29) is 18.9 Å². The summed E-state index contributed by atoms with van der Waals surface area (Å²) < 4.78 is 5.11. The number of nitrogens with zero attached hydrogens (tertiary/aromatic N) is 1. The van der Waals surface area contributed by atoms with Crippen LogP contribution in [0.2, 0.25) is 5.02 Å². The van der Waals surface area contributed by atoms with Gasteiger partial charge in [0.15, 0.2) is 6.61 Å². The van der Waals surface area contributed by atoms with Gasteiger partial charge in [0.1, 0.15) is 0 Å². The molecule has 0 aromatic heterocycles. The first kappa shape index (κ1) is 19.9. The summed E-state index contributed by atoms with van der Waals surface area (Å²) in [6.07, 6.45) is 0.0716. The third kappa shape index (κ3) is 4.70. The van der Waals surface area contributed by atoms with Gasteiger partial charge < -0.3 is 15.0 Å². The monoisotopic (exact) mass is 400 g/mol. The molecular weight excluding hydrogens is 380 g/mol. The van der Waals surface area contributed by atoms with Gasteiger partial charge in [0, 0.05) is 29.4 Å². The van der Waals surface area contributed by atoms with E-state index in [4.69, 9.17) is 16.3 Å². The van der Waals surface area contributed by atoms with Crippen molar-refractivity contribution in [1.82, 2.24) is 0 Å². The van der Waals surface area contributed by atoms with Gasteiger partial charge in [0.05, 0.1) is 5.92 Å². The first-order chi connectivity index (χ1) is 13.3. The minimum absolute atomic E-state index is 0.0716. The van der Waals surface area contributed by atoms with Crippen molar-refractivity contribution in [3.05, 3.63) is 58.6 Å². The average molecular weight is 401 g/mol. The van der Waals surface area contributed by atoms with Gasteiger partial charge >= 0.3 is 5.97 Å². The van der Waals surface area contributed by atoms with Crippen LogP contribution in [0.1, 0.15) is 17.5 Å². The van der Waals surface area contributed by atoms with E-state index in [1.165, 1.54) is 0 Å². The van der Waals surface area contributed by atoms with E-state index in [1.807, 2.05) is 32.0 Å². The number of benzene rings is 2. The molecule has 0 aliphatic carbocycles. The molecule has 1 fully saturated rings. The number of carbonyl (C=O) groups excluding carboxylic acids is 3. The standard InChI is InChI=1S/C21H21ClN2O4/c1-13-6-7-14(2)18(8-13)24-11-15(9-20(24)26)21(27)28-12-19(25)23-17-5-3-4-16(22)10-17/h3-8,10,15H,9,11-12H2,1-2H3,(H,23,25)/t15-/m1/s1. The van der Waals surface area contributed by atoms with Crippen LogP contribution in [0.3, 0.4) is 0 Å². The van der Waals surface area contributed by atoms with Crippen molar-refractivity contribution in [1.29, 1.82) is 0 Å². The van der Waals surface area contributed by atoms with E-state index in [1.54, 1.807) is 29.2 Å². The second-order valence-electron chi connectivity index (χ2n) is 6.86. The second kappa shape index (κ2) is 8.44. The Hall–Kier alpha value is -2.86. The summed E-state index contributed by atoms with van der Waals surface area (Å²) in [7, 11) is 0. The van der Waals surface area contributed by atoms with Gasteiger partial charge in [-0.15, -0.1) is 0 Å². The molecule has 1 aliphatic rings. The highest BCUT2D eigenvalue weighted by molar-refractivity contribution is 6.30. The molecule has 2 amide bonds. The summed E-state index contributed by atoms with van der Waals surface area (Å²) in [5.41, 5.74) is 3.33. The van der Waals surface area contributed by atoms with Crippen molar-refractivity contribution in [2.75, 3.05) is 23.4 Å². The highest BCUT2D eigenvalue weighted by atomic mass is 35.5. The van der Waals surface area contributed by atoms with E-state index >= 15 is 0 Å². The molecule has 146 valence electrons. The number of carbonyl (C=O) groups is 3. The van der Waals surface area contributed by atoms with Crippen molar-refractivity contribution in [3.8, 4) is 0 Å². The molecule has 2 aromatic rings. The van der Waals surface area contributed by atoms with E-state index in [0.29, 0.717) is 10.7 Å². The molecule has 0 radical (unpaired) electrons. The topological polar surface area (TPSA) is 75.7 Å². The number of ether oxygens (including phenoxy) is 1. The Bertz CT molecular complexity index is 928. The minimum atomic E-state index is -0.591. The van der Waals surface area contributed by atoms with Crippen LogP contribution >= 0.6 is 11.6 Å². The van der Waals surface area contributed by atoms with Crippen molar-refractivity contribution in [2.24, 2.45) is 5.92 Å². The van der Waals surface area contributed by atoms with E-state index < -0.39 is 24.4 Å². The Morgan fingerprint density at radius 3 is 2.75 bits per heavy atom. The zero-order valence-electron chi connectivity index (χ0n) is 15.7. The number of nitrogens with one attached hydrogen (secondary N) is 1. The normalized spacial score (nSPS) is 16.2. The van der Waals surface area contributed by atoms with Crippen LogP contribution in [0.15, 0.2) is 42.5 Å². The number of halogens is 1. The summed E-state index contributed by atoms with van der Waals surface area (Å²) in [4.78, 5) is 38.3. The SMILES string of the molecule is Cc1ccc(C)c(N2C[C@H](C(=O)OCC(=O)Nc3cccc(Cl)c3)CC2=O)c1. The number of rotatable bonds is 5. The number of hydrogen-bond acceptors (Lipinski definition) is 4. The lowest BCUT2D eigenvalue weighted by Crippen LogP contribution is -2.28. The van der Waals surface area contributed by atoms with Crippen LogP contribution in [-0.4, -0.2) is 30.9 Å². The molecule has 1 heterocycles. The Morgan fingerprint density at radius 2 is 2.00 bits per heavy atom. The summed E-state index contributed by atoms with van der Waals surface area (Å²) in [5, 5.41) is 3.10. The van der Waals surface area contributed by atoms with Crippen molar-refractivity contribution in [3.63, 3.8) is 0 Å². The zero-order chi connectivity index (χ0) is 20.3. The minimum Gasteiger partial charge on any atom is -0.455 e. The summed E-state index contributed by atoms with van der Waals surface area (Å²) in [5.74, 6) is -1.74. The maximum Gasteiger partial charge on any atom is 0.311 e. The van der Waals surface area contributed by atoms with Crippen LogP contribution in [0, 0.1) is 19.8 Å². The number of esters is 1. The number of hydrogen-bond donors (Lipinski definition) is 1. The predicted octanol–water partition coefficient (Wildman–Crippen LogP) is 3.49. The maximum absolute atomic E-state index is 12.4. The van der Waals surface area contributed by atoms with Gasteiger partial charge in [-0.3, -0.25) is 14.4 Å². The smallest absolute Gasteiger partial charge is 0.311 e. The third-order valence-electron chi connectivity index (χ3n) is 4.57. The van der Waals surface area contributed by atoms with Crippen LogP contribution in [-0.2, 0) is 19.1 Å². The second-order valence-corrected chi connectivity index (χ2v) is 7.30. The van der Waals surface area contributed by atoms with Gasteiger partial charge in [-0.2, -0.15) is 0 Å². The van der Waals surface area contributed by atoms with Gasteiger partial charge in [0.25, 0.3) is 5.91 Å². The van der Waals surface area contributed by atoms with Crippen molar-refractivity contribution < 1.29 is 19.1 Å². The van der Waals surface area contributed by atoms with Gasteiger partial charge in [0.2, 0.25) is 5.91 Å². The average Bonchev–Trinajstić information content (AvgIpc) is 3.03. The van der Waals surface area contributed by atoms with Crippen LogP contribution in [0.4, 0.5) is 11.4 Å². The third-order valence-corrected chi connectivity index (χ3v) is 4.80. The molecule has 0 bridgehead atoms. The molecule has 0 saturated carbocycles. The fourth-order valence-corrected chi connectivity index (χ4v) is 3.32. The zero-order valence-corrected chi connectivity index (χ0v) is 16.5. The molecule has 0 unspecified atom stereocenters. The summed E-state index contributed by atoms with van der Waals surface area (Å²) in [6.45, 7) is 3.71.